The number of nitrogens with zero attached hydrogens (tertiary/aromatic N) is 1. The zero-order chi connectivity index (χ0) is 24.8. The minimum Gasteiger partial charge on any atom is -0.427 e. The SMILES string of the molecule is CC(=O)Oc1cccc(C(=O)Nc2cccc(NC(=O)C3CC(=O)N(Cc4ccccc4)C3)c2)c1. The van der Waals surface area contributed by atoms with Crippen LogP contribution in [-0.4, -0.2) is 35.1 Å². The molecule has 3 aromatic carbocycles. The summed E-state index contributed by atoms with van der Waals surface area (Å²) in [7, 11) is 0. The first-order valence-corrected chi connectivity index (χ1v) is 11.2. The van der Waals surface area contributed by atoms with Crippen LogP contribution >= 0.6 is 0 Å². The second kappa shape index (κ2) is 10.6. The lowest BCUT2D eigenvalue weighted by Gasteiger charge is -2.17. The molecule has 1 atom stereocenters. The monoisotopic (exact) mass is 471 g/mol. The van der Waals surface area contributed by atoms with Gasteiger partial charge in [0.05, 0.1) is 5.92 Å². The third-order valence-electron chi connectivity index (χ3n) is 5.55. The second-order valence-electron chi connectivity index (χ2n) is 8.31. The third kappa shape index (κ3) is 6.32. The van der Waals surface area contributed by atoms with Gasteiger partial charge in [-0.05, 0) is 42.0 Å². The fourth-order valence-corrected chi connectivity index (χ4v) is 3.89. The molecule has 0 bridgehead atoms. The van der Waals surface area contributed by atoms with Crippen LogP contribution in [0.1, 0.15) is 29.3 Å². The summed E-state index contributed by atoms with van der Waals surface area (Å²) in [5.74, 6) is -1.33. The van der Waals surface area contributed by atoms with E-state index >= 15 is 0 Å². The fourth-order valence-electron chi connectivity index (χ4n) is 3.89. The number of hydrogen-bond acceptors (Lipinski definition) is 5. The molecule has 1 saturated heterocycles. The van der Waals surface area contributed by atoms with Gasteiger partial charge in [-0.15, -0.1) is 0 Å². The van der Waals surface area contributed by atoms with Gasteiger partial charge in [0.25, 0.3) is 5.91 Å². The lowest BCUT2D eigenvalue weighted by Crippen LogP contribution is -2.28. The van der Waals surface area contributed by atoms with E-state index in [1.54, 1.807) is 47.4 Å². The molecule has 0 saturated carbocycles. The molecule has 0 aromatic heterocycles. The van der Waals surface area contributed by atoms with Crippen molar-refractivity contribution in [3.8, 4) is 5.75 Å². The van der Waals surface area contributed by atoms with Crippen molar-refractivity contribution in [3.63, 3.8) is 0 Å². The molecule has 35 heavy (non-hydrogen) atoms. The fraction of sp³-hybridized carbons (Fsp3) is 0.185. The molecule has 8 heteroatoms. The molecule has 0 radical (unpaired) electrons. The Morgan fingerprint density at radius 3 is 2.37 bits per heavy atom. The third-order valence-corrected chi connectivity index (χ3v) is 5.55. The van der Waals surface area contributed by atoms with Crippen molar-refractivity contribution in [2.24, 2.45) is 5.92 Å². The number of carbonyl (C=O) groups is 4. The number of nitrogens with one attached hydrogen (secondary N) is 2. The van der Waals surface area contributed by atoms with E-state index < -0.39 is 11.9 Å². The zero-order valence-electron chi connectivity index (χ0n) is 19.2. The molecule has 1 unspecified atom stereocenters. The Morgan fingerprint density at radius 1 is 0.914 bits per heavy atom. The average Bonchev–Trinajstić information content (AvgIpc) is 3.20. The van der Waals surface area contributed by atoms with E-state index in [0.717, 1.165) is 5.56 Å². The van der Waals surface area contributed by atoms with Crippen molar-refractivity contribution in [3.05, 3.63) is 90.0 Å². The van der Waals surface area contributed by atoms with Gasteiger partial charge in [0.1, 0.15) is 5.75 Å². The molecule has 1 fully saturated rings. The normalized spacial score (nSPS) is 14.9. The molecule has 178 valence electrons. The van der Waals surface area contributed by atoms with Crippen LogP contribution in [0.4, 0.5) is 11.4 Å². The van der Waals surface area contributed by atoms with E-state index in [1.807, 2.05) is 30.3 Å². The molecule has 0 aliphatic carbocycles. The first-order valence-electron chi connectivity index (χ1n) is 11.2. The predicted molar refractivity (Wildman–Crippen MR) is 131 cm³/mol. The van der Waals surface area contributed by atoms with Gasteiger partial charge in [0.2, 0.25) is 11.8 Å². The Labute approximate surface area is 202 Å². The molecule has 2 N–H and O–H groups in total. The molecule has 4 rings (SSSR count). The van der Waals surface area contributed by atoms with Gasteiger partial charge < -0.3 is 20.3 Å². The topological polar surface area (TPSA) is 105 Å². The van der Waals surface area contributed by atoms with Crippen LogP contribution in [0.3, 0.4) is 0 Å². The highest BCUT2D eigenvalue weighted by Crippen LogP contribution is 2.23. The lowest BCUT2D eigenvalue weighted by molar-refractivity contribution is -0.132. The maximum absolute atomic E-state index is 12.8. The zero-order valence-corrected chi connectivity index (χ0v) is 19.2. The molecule has 8 nitrogen and oxygen atoms in total. The summed E-state index contributed by atoms with van der Waals surface area (Å²) in [6.07, 6.45) is 0.160. The van der Waals surface area contributed by atoms with Gasteiger partial charge in [-0.25, -0.2) is 0 Å². The highest BCUT2D eigenvalue weighted by Gasteiger charge is 2.34. The largest absolute Gasteiger partial charge is 0.427 e. The number of anilines is 2. The quantitative estimate of drug-likeness (QED) is 0.402. The number of benzene rings is 3. The van der Waals surface area contributed by atoms with Gasteiger partial charge in [-0.3, -0.25) is 19.2 Å². The van der Waals surface area contributed by atoms with Gasteiger partial charge in [-0.1, -0.05) is 42.5 Å². The average molecular weight is 472 g/mol. The van der Waals surface area contributed by atoms with Crippen molar-refractivity contribution in [2.45, 2.75) is 19.9 Å². The Kier molecular flexibility index (Phi) is 7.21. The minimum absolute atomic E-state index is 0.0500. The number of hydrogen-bond donors (Lipinski definition) is 2. The molecule has 0 spiro atoms. The first kappa shape index (κ1) is 23.7. The Balaban J connectivity index is 1.36. The number of ether oxygens (including phenoxy) is 1. The first-order chi connectivity index (χ1) is 16.9. The minimum atomic E-state index is -0.474. The van der Waals surface area contributed by atoms with Crippen LogP contribution in [0.15, 0.2) is 78.9 Å². The summed E-state index contributed by atoms with van der Waals surface area (Å²) >= 11 is 0. The number of likely N-dealkylation sites (tertiary alicyclic amines) is 1. The van der Waals surface area contributed by atoms with Crippen molar-refractivity contribution >= 4 is 35.1 Å². The maximum atomic E-state index is 12.8. The van der Waals surface area contributed by atoms with E-state index in [4.69, 9.17) is 4.74 Å². The van der Waals surface area contributed by atoms with Crippen LogP contribution in [0.5, 0.6) is 5.75 Å². The smallest absolute Gasteiger partial charge is 0.308 e. The van der Waals surface area contributed by atoms with Gasteiger partial charge >= 0.3 is 5.97 Å². The van der Waals surface area contributed by atoms with Crippen molar-refractivity contribution in [2.75, 3.05) is 17.2 Å². The van der Waals surface area contributed by atoms with Crippen molar-refractivity contribution in [1.82, 2.24) is 4.90 Å². The van der Waals surface area contributed by atoms with Gasteiger partial charge in [0.15, 0.2) is 0 Å². The van der Waals surface area contributed by atoms with E-state index in [0.29, 0.717) is 30.0 Å². The number of carbonyl (C=O) groups excluding carboxylic acids is 4. The van der Waals surface area contributed by atoms with Crippen molar-refractivity contribution in [1.29, 1.82) is 0 Å². The number of rotatable bonds is 7. The molecule has 3 amide bonds. The molecule has 3 aromatic rings. The Hall–Kier alpha value is -4.46. The molecular weight excluding hydrogens is 446 g/mol. The van der Waals surface area contributed by atoms with Gasteiger partial charge in [0, 0.05) is 43.4 Å². The van der Waals surface area contributed by atoms with Crippen LogP contribution in [-0.2, 0) is 20.9 Å². The molecule has 1 heterocycles. The Morgan fingerprint density at radius 2 is 1.63 bits per heavy atom. The summed E-state index contributed by atoms with van der Waals surface area (Å²) < 4.78 is 5.02. The van der Waals surface area contributed by atoms with Crippen LogP contribution in [0, 0.1) is 5.92 Å². The molecular formula is C27H25N3O5. The van der Waals surface area contributed by atoms with E-state index in [9.17, 15) is 19.2 Å². The van der Waals surface area contributed by atoms with E-state index in [-0.39, 0.29) is 29.9 Å². The van der Waals surface area contributed by atoms with E-state index in [2.05, 4.69) is 10.6 Å². The molecule has 1 aliphatic rings. The Bertz CT molecular complexity index is 1260. The van der Waals surface area contributed by atoms with Crippen LogP contribution < -0.4 is 15.4 Å². The summed E-state index contributed by atoms with van der Waals surface area (Å²) in [4.78, 5) is 50.7. The summed E-state index contributed by atoms with van der Waals surface area (Å²) in [5, 5.41) is 5.62. The number of esters is 1. The van der Waals surface area contributed by atoms with Crippen LogP contribution in [0.25, 0.3) is 0 Å². The number of amides is 3. The lowest BCUT2D eigenvalue weighted by atomic mass is 10.1. The van der Waals surface area contributed by atoms with Crippen LogP contribution in [0.2, 0.25) is 0 Å². The summed E-state index contributed by atoms with van der Waals surface area (Å²) in [6.45, 7) is 2.12. The predicted octanol–water partition coefficient (Wildman–Crippen LogP) is 3.85. The maximum Gasteiger partial charge on any atom is 0.308 e. The van der Waals surface area contributed by atoms with E-state index in [1.165, 1.54) is 13.0 Å². The second-order valence-corrected chi connectivity index (χ2v) is 8.31. The standard InChI is InChI=1S/C27H25N3O5/c1-18(31)35-24-12-5-9-20(13-24)26(33)28-22-10-6-11-23(15-22)29-27(34)21-14-25(32)30(17-21)16-19-7-3-2-4-8-19/h2-13,15,21H,14,16-17H2,1H3,(H,28,33)(H,29,34). The van der Waals surface area contributed by atoms with Crippen molar-refractivity contribution < 1.29 is 23.9 Å². The molecule has 1 aliphatic heterocycles. The van der Waals surface area contributed by atoms with Gasteiger partial charge in [-0.2, -0.15) is 0 Å². The highest BCUT2D eigenvalue weighted by molar-refractivity contribution is 6.05. The summed E-state index contributed by atoms with van der Waals surface area (Å²) in [5.41, 5.74) is 2.33. The summed E-state index contributed by atoms with van der Waals surface area (Å²) in [6, 6.07) is 22.7. The highest BCUT2D eigenvalue weighted by atomic mass is 16.5.